The molecule has 3 rings (SSSR count). The fourth-order valence-corrected chi connectivity index (χ4v) is 4.35. The van der Waals surface area contributed by atoms with Crippen molar-refractivity contribution < 1.29 is 24.4 Å². The molecule has 158 valence electrons. The van der Waals surface area contributed by atoms with Crippen LogP contribution in [0.2, 0.25) is 5.82 Å². The molecular formula is C21H31BN2O5. The molecule has 2 aliphatic rings. The molecule has 1 atom stereocenters. The summed E-state index contributed by atoms with van der Waals surface area (Å²) in [6.07, 6.45) is 3.33. The average Bonchev–Trinajstić information content (AvgIpc) is 2.69. The van der Waals surface area contributed by atoms with Crippen LogP contribution in [0.5, 0.6) is 5.75 Å². The quantitative estimate of drug-likeness (QED) is 0.428. The molecule has 3 N–H and O–H groups in total. The topological polar surface area (TPSA) is 99.1 Å². The minimum Gasteiger partial charge on any atom is -0.535 e. The van der Waals surface area contributed by atoms with Crippen molar-refractivity contribution in [1.82, 2.24) is 10.2 Å². The normalized spacial score (nSPS) is 20.2. The number of carboxylic acids is 1. The molecule has 1 saturated heterocycles. The van der Waals surface area contributed by atoms with Crippen molar-refractivity contribution in [2.75, 3.05) is 32.7 Å². The second kappa shape index (κ2) is 10.2. The van der Waals surface area contributed by atoms with Crippen LogP contribution in [0.3, 0.4) is 0 Å². The first-order valence-electron chi connectivity index (χ1n) is 10.6. The van der Waals surface area contributed by atoms with Crippen LogP contribution in [0.4, 0.5) is 0 Å². The lowest BCUT2D eigenvalue weighted by Crippen LogP contribution is -2.39. The maximum absolute atomic E-state index is 12.6. The summed E-state index contributed by atoms with van der Waals surface area (Å²) in [6, 6.07) is 4.93. The van der Waals surface area contributed by atoms with Crippen molar-refractivity contribution in [2.24, 2.45) is 5.92 Å². The van der Waals surface area contributed by atoms with E-state index in [-0.39, 0.29) is 29.3 Å². The van der Waals surface area contributed by atoms with E-state index in [1.54, 1.807) is 12.1 Å². The molecule has 0 radical (unpaired) electrons. The highest BCUT2D eigenvalue weighted by molar-refractivity contribution is 6.47. The van der Waals surface area contributed by atoms with E-state index in [2.05, 4.69) is 17.1 Å². The Labute approximate surface area is 172 Å². The van der Waals surface area contributed by atoms with Crippen molar-refractivity contribution in [3.05, 3.63) is 29.3 Å². The first kappa shape index (κ1) is 21.8. The average molecular weight is 402 g/mol. The van der Waals surface area contributed by atoms with Crippen LogP contribution in [-0.4, -0.2) is 66.6 Å². The number of hydrogen-bond acceptors (Lipinski definition) is 6. The molecule has 2 heterocycles. The number of para-hydroxylation sites is 1. The number of carboxylic acid groups (broad SMARTS) is 1. The van der Waals surface area contributed by atoms with Gasteiger partial charge in [-0.15, -0.1) is 0 Å². The zero-order chi connectivity index (χ0) is 20.8. The Morgan fingerprint density at radius 1 is 1.28 bits per heavy atom. The lowest BCUT2D eigenvalue weighted by molar-refractivity contribution is -0.120. The Bertz CT molecular complexity index is 721. The van der Waals surface area contributed by atoms with Gasteiger partial charge < -0.3 is 25.0 Å². The van der Waals surface area contributed by atoms with Crippen molar-refractivity contribution in [1.29, 1.82) is 0 Å². The summed E-state index contributed by atoms with van der Waals surface area (Å²) < 4.78 is 5.50. The Morgan fingerprint density at radius 2 is 2.03 bits per heavy atom. The zero-order valence-corrected chi connectivity index (χ0v) is 17.1. The standard InChI is InChI=1S/C21H31BN2O5/c1-2-23-8-11-24-9-6-15(7-10-24)12-18(25)14-17-13-16-4-3-5-19(21(26)27)20(16)29-22(17)28/h3-5,15,17,23,28H,2,6-14H2,1H3,(H,26,27)/t17-/m1/s1. The number of nitrogens with one attached hydrogen (secondary N) is 1. The third kappa shape index (κ3) is 5.81. The molecule has 8 heteroatoms. The Balaban J connectivity index is 1.48. The Morgan fingerprint density at radius 3 is 2.72 bits per heavy atom. The lowest BCUT2D eigenvalue weighted by Gasteiger charge is -2.32. The number of aromatic carboxylic acids is 1. The monoisotopic (exact) mass is 402 g/mol. The minimum absolute atomic E-state index is 0.0484. The summed E-state index contributed by atoms with van der Waals surface area (Å²) in [6.45, 7) is 7.22. The molecule has 0 spiro atoms. The molecule has 1 fully saturated rings. The van der Waals surface area contributed by atoms with E-state index in [1.807, 2.05) is 0 Å². The number of fused-ring (bicyclic) bond motifs is 1. The summed E-state index contributed by atoms with van der Waals surface area (Å²) in [4.78, 5) is 26.4. The highest BCUT2D eigenvalue weighted by Gasteiger charge is 2.38. The highest BCUT2D eigenvalue weighted by atomic mass is 16.5. The summed E-state index contributed by atoms with van der Waals surface area (Å²) in [5.74, 6) is -0.632. The van der Waals surface area contributed by atoms with E-state index in [0.717, 1.165) is 51.1 Å². The molecular weight excluding hydrogens is 371 g/mol. The minimum atomic E-state index is -1.15. The second-order valence-corrected chi connectivity index (χ2v) is 8.16. The fourth-order valence-electron chi connectivity index (χ4n) is 4.35. The number of Topliss-reactive ketones (excluding diaryl/α,β-unsaturated/α-hetero) is 1. The van der Waals surface area contributed by atoms with Gasteiger partial charge in [0.1, 0.15) is 11.5 Å². The molecule has 0 saturated carbocycles. The number of rotatable bonds is 9. The summed E-state index contributed by atoms with van der Waals surface area (Å²) in [5, 5.41) is 23.0. The fraction of sp³-hybridized carbons (Fsp3) is 0.619. The smallest absolute Gasteiger partial charge is 0.526 e. The molecule has 0 unspecified atom stereocenters. The van der Waals surface area contributed by atoms with E-state index < -0.39 is 13.1 Å². The first-order chi connectivity index (χ1) is 14.0. The number of likely N-dealkylation sites (tertiary alicyclic amines) is 1. The predicted molar refractivity (Wildman–Crippen MR) is 111 cm³/mol. The van der Waals surface area contributed by atoms with Crippen molar-refractivity contribution in [3.8, 4) is 5.75 Å². The van der Waals surface area contributed by atoms with Gasteiger partial charge in [0.2, 0.25) is 0 Å². The van der Waals surface area contributed by atoms with Gasteiger partial charge >= 0.3 is 13.1 Å². The highest BCUT2D eigenvalue weighted by Crippen LogP contribution is 2.36. The van der Waals surface area contributed by atoms with Crippen LogP contribution in [0.15, 0.2) is 18.2 Å². The summed E-state index contributed by atoms with van der Waals surface area (Å²) >= 11 is 0. The van der Waals surface area contributed by atoms with Gasteiger partial charge in [0.05, 0.1) is 5.56 Å². The van der Waals surface area contributed by atoms with Crippen LogP contribution in [0.25, 0.3) is 0 Å². The maximum Gasteiger partial charge on any atom is 0.526 e. The number of hydrogen-bond donors (Lipinski definition) is 3. The van der Waals surface area contributed by atoms with E-state index in [9.17, 15) is 19.7 Å². The van der Waals surface area contributed by atoms with E-state index >= 15 is 0 Å². The van der Waals surface area contributed by atoms with E-state index in [0.29, 0.717) is 18.8 Å². The molecule has 2 aliphatic heterocycles. The third-order valence-electron chi connectivity index (χ3n) is 6.02. The Kier molecular flexibility index (Phi) is 7.69. The number of ketones is 1. The zero-order valence-electron chi connectivity index (χ0n) is 17.1. The number of piperidine rings is 1. The van der Waals surface area contributed by atoms with Gasteiger partial charge in [0, 0.05) is 31.7 Å². The number of benzene rings is 1. The number of carbonyl (C=O) groups excluding carboxylic acids is 1. The van der Waals surface area contributed by atoms with Gasteiger partial charge in [-0.25, -0.2) is 4.79 Å². The van der Waals surface area contributed by atoms with Gasteiger partial charge in [0.25, 0.3) is 0 Å². The number of likely N-dealkylation sites (N-methyl/N-ethyl adjacent to an activating group) is 1. The van der Waals surface area contributed by atoms with Crippen LogP contribution in [0, 0.1) is 5.92 Å². The van der Waals surface area contributed by atoms with Gasteiger partial charge in [-0.2, -0.15) is 0 Å². The Hall–Kier alpha value is -1.90. The van der Waals surface area contributed by atoms with Gasteiger partial charge in [0.15, 0.2) is 0 Å². The van der Waals surface area contributed by atoms with Crippen molar-refractivity contribution in [3.63, 3.8) is 0 Å². The summed E-state index contributed by atoms with van der Waals surface area (Å²) in [5.41, 5.74) is 0.786. The lowest BCUT2D eigenvalue weighted by atomic mass is 9.64. The SMILES string of the molecule is CCNCCN1CCC(CC(=O)C[C@H]2Cc3cccc(C(=O)O)c3OB2O)CC1. The van der Waals surface area contributed by atoms with Crippen molar-refractivity contribution >= 4 is 18.9 Å². The van der Waals surface area contributed by atoms with Crippen LogP contribution < -0.4 is 9.97 Å². The van der Waals surface area contributed by atoms with Crippen LogP contribution in [0.1, 0.15) is 48.5 Å². The second-order valence-electron chi connectivity index (χ2n) is 8.16. The predicted octanol–water partition coefficient (Wildman–Crippen LogP) is 1.84. The molecule has 7 nitrogen and oxygen atoms in total. The number of nitrogens with zero attached hydrogens (tertiary/aromatic N) is 1. The van der Waals surface area contributed by atoms with Gasteiger partial charge in [-0.3, -0.25) is 4.79 Å². The molecule has 29 heavy (non-hydrogen) atoms. The van der Waals surface area contributed by atoms with E-state index in [4.69, 9.17) is 4.65 Å². The first-order valence-corrected chi connectivity index (χ1v) is 10.6. The molecule has 0 amide bonds. The molecule has 0 bridgehead atoms. The van der Waals surface area contributed by atoms with Gasteiger partial charge in [-0.1, -0.05) is 19.1 Å². The van der Waals surface area contributed by atoms with Gasteiger partial charge in [-0.05, 0) is 56.4 Å². The third-order valence-corrected chi connectivity index (χ3v) is 6.02. The number of carbonyl (C=O) groups is 2. The maximum atomic E-state index is 12.6. The molecule has 0 aliphatic carbocycles. The summed E-state index contributed by atoms with van der Waals surface area (Å²) in [7, 11) is -1.15. The molecule has 0 aromatic heterocycles. The molecule has 1 aromatic carbocycles. The largest absolute Gasteiger partial charge is 0.535 e. The van der Waals surface area contributed by atoms with E-state index in [1.165, 1.54) is 6.07 Å². The van der Waals surface area contributed by atoms with Crippen LogP contribution in [-0.2, 0) is 11.2 Å². The molecule has 1 aromatic rings. The van der Waals surface area contributed by atoms with Crippen LogP contribution >= 0.6 is 0 Å². The van der Waals surface area contributed by atoms with Crippen molar-refractivity contribution in [2.45, 2.75) is 44.8 Å².